The highest BCUT2D eigenvalue weighted by molar-refractivity contribution is 9.10. The average molecular weight is 297 g/mol. The van der Waals surface area contributed by atoms with Crippen LogP contribution in [0.1, 0.15) is 16.0 Å². The summed E-state index contributed by atoms with van der Waals surface area (Å²) in [5.41, 5.74) is 0. The maximum Gasteiger partial charge on any atom is 0.193 e. The molecule has 0 amide bonds. The molecule has 80 valence electrons. The third kappa shape index (κ3) is 2.97. The number of rotatable bonds is 1. The molecule has 5 heteroatoms. The van der Waals surface area contributed by atoms with Crippen LogP contribution in [0.2, 0.25) is 0 Å². The van der Waals surface area contributed by atoms with Gasteiger partial charge in [0.15, 0.2) is 6.29 Å². The van der Waals surface area contributed by atoms with Gasteiger partial charge in [-0.1, -0.05) is 0 Å². The molecule has 0 N–H and O–H groups in total. The summed E-state index contributed by atoms with van der Waals surface area (Å²) in [5.74, 6) is 0. The summed E-state index contributed by atoms with van der Waals surface area (Å²) in [7, 11) is 0. The molecule has 1 aromatic rings. The SMILES string of the molecule is CS.Cc1sc(C2OCCO2)cc1Br. The molecule has 0 radical (unpaired) electrons. The van der Waals surface area contributed by atoms with Crippen LogP contribution in [0, 0.1) is 6.92 Å². The van der Waals surface area contributed by atoms with Crippen molar-refractivity contribution >= 4 is 39.9 Å². The zero-order valence-corrected chi connectivity index (χ0v) is 11.4. The van der Waals surface area contributed by atoms with Gasteiger partial charge in [0.05, 0.1) is 18.1 Å². The fourth-order valence-corrected chi connectivity index (χ4v) is 2.68. The summed E-state index contributed by atoms with van der Waals surface area (Å²) in [4.78, 5) is 2.42. The van der Waals surface area contributed by atoms with Crippen LogP contribution in [0.5, 0.6) is 0 Å². The highest BCUT2D eigenvalue weighted by Crippen LogP contribution is 2.34. The Kier molecular flexibility index (Phi) is 5.48. The first-order valence-corrected chi connectivity index (χ1v) is 6.71. The molecule has 0 atom stereocenters. The summed E-state index contributed by atoms with van der Waals surface area (Å²) in [6.45, 7) is 3.49. The Morgan fingerprint density at radius 3 is 2.43 bits per heavy atom. The van der Waals surface area contributed by atoms with Gasteiger partial charge in [-0.05, 0) is 35.2 Å². The molecular weight excluding hydrogens is 284 g/mol. The molecule has 1 aliphatic heterocycles. The number of thiol groups is 1. The quantitative estimate of drug-likeness (QED) is 0.801. The van der Waals surface area contributed by atoms with Crippen LogP contribution in [-0.2, 0) is 9.47 Å². The number of thiophene rings is 1. The van der Waals surface area contributed by atoms with Crippen molar-refractivity contribution < 1.29 is 9.47 Å². The van der Waals surface area contributed by atoms with Crippen molar-refractivity contribution in [3.63, 3.8) is 0 Å². The van der Waals surface area contributed by atoms with E-state index in [1.807, 2.05) is 0 Å². The van der Waals surface area contributed by atoms with E-state index in [9.17, 15) is 0 Å². The number of hydrogen-bond donors (Lipinski definition) is 1. The lowest BCUT2D eigenvalue weighted by atomic mass is 10.4. The van der Waals surface area contributed by atoms with E-state index >= 15 is 0 Å². The maximum atomic E-state index is 5.37. The van der Waals surface area contributed by atoms with Gasteiger partial charge in [-0.2, -0.15) is 12.6 Å². The normalized spacial score (nSPS) is 16.6. The van der Waals surface area contributed by atoms with E-state index in [-0.39, 0.29) is 6.29 Å². The second-order valence-corrected chi connectivity index (χ2v) is 4.77. The molecule has 0 aromatic carbocycles. The van der Waals surface area contributed by atoms with Crippen molar-refractivity contribution in [1.82, 2.24) is 0 Å². The highest BCUT2D eigenvalue weighted by atomic mass is 79.9. The molecule has 0 unspecified atom stereocenters. The predicted molar refractivity (Wildman–Crippen MR) is 66.3 cm³/mol. The minimum Gasteiger partial charge on any atom is -0.345 e. The lowest BCUT2D eigenvalue weighted by Gasteiger charge is -2.04. The molecule has 2 heterocycles. The van der Waals surface area contributed by atoms with Gasteiger partial charge in [-0.3, -0.25) is 0 Å². The van der Waals surface area contributed by atoms with Gasteiger partial charge in [-0.25, -0.2) is 0 Å². The Balaban J connectivity index is 0.000000461. The molecule has 0 spiro atoms. The third-order valence-electron chi connectivity index (χ3n) is 1.73. The molecule has 0 bridgehead atoms. The van der Waals surface area contributed by atoms with Crippen molar-refractivity contribution in [2.45, 2.75) is 13.2 Å². The predicted octanol–water partition coefficient (Wildman–Crippen LogP) is 3.41. The van der Waals surface area contributed by atoms with Crippen LogP contribution in [0.4, 0.5) is 0 Å². The Bertz CT molecular complexity index is 263. The fourth-order valence-electron chi connectivity index (χ4n) is 1.12. The first kappa shape index (κ1) is 12.5. The summed E-state index contributed by atoms with van der Waals surface area (Å²) >= 11 is 8.70. The number of hydrogen-bond acceptors (Lipinski definition) is 4. The van der Waals surface area contributed by atoms with Crippen molar-refractivity contribution in [3.05, 3.63) is 20.3 Å². The van der Waals surface area contributed by atoms with E-state index in [4.69, 9.17) is 9.47 Å². The monoisotopic (exact) mass is 296 g/mol. The molecule has 0 aliphatic carbocycles. The average Bonchev–Trinajstić information content (AvgIpc) is 2.80. The molecule has 14 heavy (non-hydrogen) atoms. The zero-order valence-electron chi connectivity index (χ0n) is 8.12. The van der Waals surface area contributed by atoms with E-state index < -0.39 is 0 Å². The third-order valence-corrected chi connectivity index (χ3v) is 3.89. The molecule has 1 aromatic heterocycles. The maximum absolute atomic E-state index is 5.37. The topological polar surface area (TPSA) is 18.5 Å². The van der Waals surface area contributed by atoms with E-state index in [0.29, 0.717) is 13.2 Å². The van der Waals surface area contributed by atoms with Crippen LogP contribution >= 0.6 is 39.9 Å². The molecule has 2 nitrogen and oxygen atoms in total. The molecule has 0 saturated carbocycles. The van der Waals surface area contributed by atoms with E-state index in [2.05, 4.69) is 41.5 Å². The van der Waals surface area contributed by atoms with E-state index in [0.717, 1.165) is 9.35 Å². The van der Waals surface area contributed by atoms with Crippen LogP contribution in [0.15, 0.2) is 10.5 Å². The first-order chi connectivity index (χ1) is 6.77. The molecular formula is C9H13BrO2S2. The van der Waals surface area contributed by atoms with Gasteiger partial charge in [0.2, 0.25) is 0 Å². The molecule has 2 rings (SSSR count). The van der Waals surface area contributed by atoms with Crippen molar-refractivity contribution in [2.75, 3.05) is 19.5 Å². The lowest BCUT2D eigenvalue weighted by Crippen LogP contribution is -1.93. The standard InChI is InChI=1S/C8H9BrO2S.CH4S/c1-5-6(9)4-7(12-5)8-10-2-3-11-8;1-2/h4,8H,2-3H2,1H3;2H,1H3. The van der Waals surface area contributed by atoms with E-state index in [1.165, 1.54) is 4.88 Å². The lowest BCUT2D eigenvalue weighted by molar-refractivity contribution is -0.0413. The largest absolute Gasteiger partial charge is 0.345 e. The fraction of sp³-hybridized carbons (Fsp3) is 0.556. The van der Waals surface area contributed by atoms with Gasteiger partial charge in [0.25, 0.3) is 0 Å². The van der Waals surface area contributed by atoms with Crippen LogP contribution in [0.3, 0.4) is 0 Å². The minimum absolute atomic E-state index is 0.125. The number of halogens is 1. The first-order valence-electron chi connectivity index (χ1n) is 4.21. The van der Waals surface area contributed by atoms with Crippen LogP contribution < -0.4 is 0 Å². The van der Waals surface area contributed by atoms with Crippen LogP contribution in [-0.4, -0.2) is 19.5 Å². The zero-order chi connectivity index (χ0) is 10.6. The summed E-state index contributed by atoms with van der Waals surface area (Å²) in [6.07, 6.45) is 1.57. The Hall–Kier alpha value is 0.450. The Morgan fingerprint density at radius 2 is 2.00 bits per heavy atom. The van der Waals surface area contributed by atoms with Crippen molar-refractivity contribution in [2.24, 2.45) is 0 Å². The molecule has 1 fully saturated rings. The van der Waals surface area contributed by atoms with Gasteiger partial charge in [0.1, 0.15) is 0 Å². The summed E-state index contributed by atoms with van der Waals surface area (Å²) in [6, 6.07) is 2.07. The van der Waals surface area contributed by atoms with Gasteiger partial charge in [0, 0.05) is 9.35 Å². The second kappa shape index (κ2) is 6.12. The summed E-state index contributed by atoms with van der Waals surface area (Å²) < 4.78 is 11.9. The summed E-state index contributed by atoms with van der Waals surface area (Å²) in [5, 5.41) is 0. The van der Waals surface area contributed by atoms with Crippen molar-refractivity contribution in [3.8, 4) is 0 Å². The van der Waals surface area contributed by atoms with E-state index in [1.54, 1.807) is 17.6 Å². The van der Waals surface area contributed by atoms with Gasteiger partial charge >= 0.3 is 0 Å². The number of ether oxygens (including phenoxy) is 2. The second-order valence-electron chi connectivity index (χ2n) is 2.63. The van der Waals surface area contributed by atoms with Gasteiger partial charge < -0.3 is 9.47 Å². The smallest absolute Gasteiger partial charge is 0.193 e. The Labute approximate surface area is 102 Å². The highest BCUT2D eigenvalue weighted by Gasteiger charge is 2.20. The minimum atomic E-state index is -0.125. The van der Waals surface area contributed by atoms with Gasteiger partial charge in [-0.15, -0.1) is 11.3 Å². The van der Waals surface area contributed by atoms with Crippen LogP contribution in [0.25, 0.3) is 0 Å². The number of aryl methyl sites for hydroxylation is 1. The Morgan fingerprint density at radius 1 is 1.43 bits per heavy atom. The molecule has 1 aliphatic rings. The van der Waals surface area contributed by atoms with Crippen molar-refractivity contribution in [1.29, 1.82) is 0 Å². The molecule has 1 saturated heterocycles.